The Hall–Kier alpha value is -1.81. The molecule has 0 unspecified atom stereocenters. The third-order valence-corrected chi connectivity index (χ3v) is 3.00. The molecule has 1 heterocycles. The molecule has 2 rings (SSSR count). The number of nitrogens with one attached hydrogen (secondary N) is 3. The van der Waals surface area contributed by atoms with E-state index in [1.165, 1.54) is 0 Å². The standard InChI is InChI=1S/C13H17N3O/c1-13(2,14-3)12(17)16-10-4-5-11-9(8-10)6-7-15-11/h4-8,14-15H,1-3H3,(H,16,17). The minimum atomic E-state index is -0.576. The molecular weight excluding hydrogens is 214 g/mol. The smallest absolute Gasteiger partial charge is 0.244 e. The number of H-pyrrole nitrogens is 1. The van der Waals surface area contributed by atoms with Gasteiger partial charge in [0.15, 0.2) is 0 Å². The number of likely N-dealkylation sites (N-methyl/N-ethyl adjacent to an activating group) is 1. The lowest BCUT2D eigenvalue weighted by Gasteiger charge is -2.22. The van der Waals surface area contributed by atoms with Gasteiger partial charge in [-0.3, -0.25) is 4.79 Å². The monoisotopic (exact) mass is 231 g/mol. The molecule has 2 aromatic rings. The van der Waals surface area contributed by atoms with Crippen LogP contribution >= 0.6 is 0 Å². The first-order valence-corrected chi connectivity index (χ1v) is 5.60. The zero-order valence-electron chi connectivity index (χ0n) is 10.3. The third kappa shape index (κ3) is 2.31. The van der Waals surface area contributed by atoms with Gasteiger partial charge < -0.3 is 15.6 Å². The van der Waals surface area contributed by atoms with Crippen molar-refractivity contribution in [2.24, 2.45) is 0 Å². The van der Waals surface area contributed by atoms with Crippen molar-refractivity contribution in [1.29, 1.82) is 0 Å². The van der Waals surface area contributed by atoms with E-state index in [1.54, 1.807) is 7.05 Å². The highest BCUT2D eigenvalue weighted by molar-refractivity contribution is 5.99. The van der Waals surface area contributed by atoms with Crippen LogP contribution in [-0.2, 0) is 4.79 Å². The molecule has 4 nitrogen and oxygen atoms in total. The molecule has 0 saturated heterocycles. The van der Waals surface area contributed by atoms with Crippen LogP contribution in [0.5, 0.6) is 0 Å². The van der Waals surface area contributed by atoms with Gasteiger partial charge in [-0.15, -0.1) is 0 Å². The van der Waals surface area contributed by atoms with Crippen LogP contribution in [0.25, 0.3) is 10.9 Å². The predicted molar refractivity (Wildman–Crippen MR) is 70.1 cm³/mol. The third-order valence-electron chi connectivity index (χ3n) is 3.00. The summed E-state index contributed by atoms with van der Waals surface area (Å²) in [7, 11) is 1.77. The van der Waals surface area contributed by atoms with E-state index in [0.717, 1.165) is 16.6 Å². The number of carbonyl (C=O) groups excluding carboxylic acids is 1. The van der Waals surface area contributed by atoms with E-state index in [1.807, 2.05) is 44.3 Å². The van der Waals surface area contributed by atoms with Gasteiger partial charge in [-0.05, 0) is 45.2 Å². The second-order valence-corrected chi connectivity index (χ2v) is 4.61. The summed E-state index contributed by atoms with van der Waals surface area (Å²) in [5.74, 6) is -0.0464. The predicted octanol–water partition coefficient (Wildman–Crippen LogP) is 2.10. The number of aromatic amines is 1. The molecular formula is C13H17N3O. The van der Waals surface area contributed by atoms with Gasteiger partial charge in [0.05, 0.1) is 5.54 Å². The topological polar surface area (TPSA) is 56.9 Å². The van der Waals surface area contributed by atoms with Crippen LogP contribution in [0.4, 0.5) is 5.69 Å². The molecule has 1 aromatic heterocycles. The Morgan fingerprint density at radius 3 is 2.76 bits per heavy atom. The van der Waals surface area contributed by atoms with Gasteiger partial charge in [0.2, 0.25) is 5.91 Å². The first-order chi connectivity index (χ1) is 8.03. The summed E-state index contributed by atoms with van der Waals surface area (Å²) in [6, 6.07) is 7.78. The largest absolute Gasteiger partial charge is 0.361 e. The van der Waals surface area contributed by atoms with Crippen molar-refractivity contribution in [3.8, 4) is 0 Å². The summed E-state index contributed by atoms with van der Waals surface area (Å²) in [4.78, 5) is 15.1. The van der Waals surface area contributed by atoms with Crippen LogP contribution in [-0.4, -0.2) is 23.5 Å². The van der Waals surface area contributed by atoms with Crippen molar-refractivity contribution in [3.63, 3.8) is 0 Å². The number of hydrogen-bond acceptors (Lipinski definition) is 2. The van der Waals surface area contributed by atoms with E-state index in [2.05, 4.69) is 15.6 Å². The molecule has 1 aromatic carbocycles. The molecule has 4 heteroatoms. The molecule has 0 atom stereocenters. The fourth-order valence-electron chi connectivity index (χ4n) is 1.53. The SMILES string of the molecule is CNC(C)(C)C(=O)Nc1ccc2[nH]ccc2c1. The molecule has 0 radical (unpaired) electrons. The summed E-state index contributed by atoms with van der Waals surface area (Å²) < 4.78 is 0. The van der Waals surface area contributed by atoms with Crippen LogP contribution in [0.3, 0.4) is 0 Å². The highest BCUT2D eigenvalue weighted by Gasteiger charge is 2.24. The van der Waals surface area contributed by atoms with Crippen molar-refractivity contribution in [2.75, 3.05) is 12.4 Å². The average molecular weight is 231 g/mol. The lowest BCUT2D eigenvalue weighted by molar-refractivity contribution is -0.121. The normalized spacial score (nSPS) is 11.7. The maximum Gasteiger partial charge on any atom is 0.244 e. The van der Waals surface area contributed by atoms with Crippen molar-refractivity contribution >= 4 is 22.5 Å². The van der Waals surface area contributed by atoms with Gasteiger partial charge in [0.25, 0.3) is 0 Å². The fraction of sp³-hybridized carbons (Fsp3) is 0.308. The van der Waals surface area contributed by atoms with Gasteiger partial charge in [-0.1, -0.05) is 0 Å². The fourth-order valence-corrected chi connectivity index (χ4v) is 1.53. The summed E-state index contributed by atoms with van der Waals surface area (Å²) in [5.41, 5.74) is 1.30. The Morgan fingerprint density at radius 2 is 2.06 bits per heavy atom. The Labute approximate surface area is 100 Å². The minimum absolute atomic E-state index is 0.0464. The lowest BCUT2D eigenvalue weighted by atomic mass is 10.1. The van der Waals surface area contributed by atoms with Crippen LogP contribution in [0.2, 0.25) is 0 Å². The maximum atomic E-state index is 12.0. The Morgan fingerprint density at radius 1 is 1.29 bits per heavy atom. The van der Waals surface area contributed by atoms with Crippen LogP contribution < -0.4 is 10.6 Å². The number of aromatic nitrogens is 1. The number of amides is 1. The van der Waals surface area contributed by atoms with Gasteiger partial charge >= 0.3 is 0 Å². The second-order valence-electron chi connectivity index (χ2n) is 4.61. The quantitative estimate of drug-likeness (QED) is 0.757. The average Bonchev–Trinajstić information content (AvgIpc) is 2.76. The lowest BCUT2D eigenvalue weighted by Crippen LogP contribution is -2.47. The molecule has 90 valence electrons. The minimum Gasteiger partial charge on any atom is -0.361 e. The second kappa shape index (κ2) is 4.22. The summed E-state index contributed by atoms with van der Waals surface area (Å²) >= 11 is 0. The zero-order chi connectivity index (χ0) is 12.5. The summed E-state index contributed by atoms with van der Waals surface area (Å²) in [5, 5.41) is 6.96. The summed E-state index contributed by atoms with van der Waals surface area (Å²) in [6.45, 7) is 3.69. The van der Waals surface area contributed by atoms with E-state index in [-0.39, 0.29) is 5.91 Å². The van der Waals surface area contributed by atoms with E-state index >= 15 is 0 Å². The highest BCUT2D eigenvalue weighted by Crippen LogP contribution is 2.18. The number of hydrogen-bond donors (Lipinski definition) is 3. The van der Waals surface area contributed by atoms with E-state index < -0.39 is 5.54 Å². The molecule has 0 aliphatic carbocycles. The molecule has 0 aliphatic rings. The maximum absolute atomic E-state index is 12.0. The number of benzene rings is 1. The Kier molecular flexibility index (Phi) is 2.90. The van der Waals surface area contributed by atoms with Crippen molar-refractivity contribution in [1.82, 2.24) is 10.3 Å². The molecule has 17 heavy (non-hydrogen) atoms. The molecule has 3 N–H and O–H groups in total. The van der Waals surface area contributed by atoms with Gasteiger partial charge in [-0.25, -0.2) is 0 Å². The number of rotatable bonds is 3. The van der Waals surface area contributed by atoms with Crippen LogP contribution in [0.1, 0.15) is 13.8 Å². The first kappa shape index (κ1) is 11.7. The molecule has 0 saturated carbocycles. The van der Waals surface area contributed by atoms with Crippen LogP contribution in [0, 0.1) is 0 Å². The highest BCUT2D eigenvalue weighted by atomic mass is 16.2. The number of anilines is 1. The molecule has 0 aliphatic heterocycles. The molecule has 0 fully saturated rings. The van der Waals surface area contributed by atoms with Gasteiger partial charge in [0, 0.05) is 22.8 Å². The van der Waals surface area contributed by atoms with Gasteiger partial charge in [0.1, 0.15) is 0 Å². The zero-order valence-corrected chi connectivity index (χ0v) is 10.3. The van der Waals surface area contributed by atoms with Crippen molar-refractivity contribution in [2.45, 2.75) is 19.4 Å². The molecule has 0 bridgehead atoms. The van der Waals surface area contributed by atoms with Gasteiger partial charge in [-0.2, -0.15) is 0 Å². The van der Waals surface area contributed by atoms with E-state index in [0.29, 0.717) is 0 Å². The molecule has 0 spiro atoms. The van der Waals surface area contributed by atoms with E-state index in [9.17, 15) is 4.79 Å². The number of fused-ring (bicyclic) bond motifs is 1. The first-order valence-electron chi connectivity index (χ1n) is 5.60. The molecule has 1 amide bonds. The van der Waals surface area contributed by atoms with Crippen LogP contribution in [0.15, 0.2) is 30.5 Å². The Bertz CT molecular complexity index is 542. The van der Waals surface area contributed by atoms with Crippen molar-refractivity contribution < 1.29 is 4.79 Å². The summed E-state index contributed by atoms with van der Waals surface area (Å²) in [6.07, 6.45) is 1.88. The van der Waals surface area contributed by atoms with Crippen molar-refractivity contribution in [3.05, 3.63) is 30.5 Å². The van der Waals surface area contributed by atoms with E-state index in [4.69, 9.17) is 0 Å². The number of carbonyl (C=O) groups is 1. The Balaban J connectivity index is 2.21.